The van der Waals surface area contributed by atoms with E-state index in [1.165, 1.54) is 0 Å². The lowest BCUT2D eigenvalue weighted by atomic mass is 10.2. The maximum atomic E-state index is 9.11. The lowest BCUT2D eigenvalue weighted by molar-refractivity contribution is 1.01. The quantitative estimate of drug-likeness (QED) is 0.813. The summed E-state index contributed by atoms with van der Waals surface area (Å²) in [4.78, 5) is 0. The molecule has 0 aliphatic rings. The molecule has 2 rings (SSSR count). The van der Waals surface area contributed by atoms with Crippen LogP contribution < -0.4 is 5.73 Å². The fraction of sp³-hybridized carbons (Fsp3) is 0.154. The molecule has 0 saturated carbocycles. The van der Waals surface area contributed by atoms with Crippen molar-refractivity contribution >= 4 is 28.4 Å². The Hall–Kier alpha value is -1.48. The van der Waals surface area contributed by atoms with Gasteiger partial charge in [0.25, 0.3) is 0 Å². The normalized spacial score (nSPS) is 10.2. The van der Waals surface area contributed by atoms with Gasteiger partial charge >= 0.3 is 0 Å². The van der Waals surface area contributed by atoms with E-state index in [9.17, 15) is 0 Å². The molecule has 2 aromatic rings. The molecule has 2 N–H and O–H groups in total. The summed E-state index contributed by atoms with van der Waals surface area (Å²) in [5, 5.41) is 9.11. The highest BCUT2D eigenvalue weighted by atomic mass is 127. The van der Waals surface area contributed by atoms with Crippen LogP contribution >= 0.6 is 22.6 Å². The molecule has 0 radical (unpaired) electrons. The number of para-hydroxylation sites is 1. The van der Waals surface area contributed by atoms with Crippen molar-refractivity contribution in [2.45, 2.75) is 13.8 Å². The molecule has 1 heterocycles. The summed E-state index contributed by atoms with van der Waals surface area (Å²) in [5.74, 6) is 0.520. The summed E-state index contributed by atoms with van der Waals surface area (Å²) >= 11 is 2.27. The van der Waals surface area contributed by atoms with Gasteiger partial charge in [-0.25, -0.2) is 0 Å². The Morgan fingerprint density at radius 3 is 2.47 bits per heavy atom. The average Bonchev–Trinajstić information content (AvgIpc) is 2.52. The van der Waals surface area contributed by atoms with E-state index in [1.807, 2.05) is 42.7 Å². The second-order valence-corrected chi connectivity index (χ2v) is 5.03. The van der Waals surface area contributed by atoms with Crippen LogP contribution in [0.2, 0.25) is 0 Å². The molecule has 1 aromatic carbocycles. The lowest BCUT2D eigenvalue weighted by Crippen LogP contribution is -2.04. The highest BCUT2D eigenvalue weighted by Gasteiger charge is 2.17. The van der Waals surface area contributed by atoms with Crippen LogP contribution in [0.4, 0.5) is 5.82 Å². The first-order valence-electron chi connectivity index (χ1n) is 5.20. The van der Waals surface area contributed by atoms with Crippen molar-refractivity contribution in [1.82, 2.24) is 4.57 Å². The van der Waals surface area contributed by atoms with Gasteiger partial charge in [-0.15, -0.1) is 0 Å². The predicted molar refractivity (Wildman–Crippen MR) is 77.1 cm³/mol. The van der Waals surface area contributed by atoms with Gasteiger partial charge in [-0.3, -0.25) is 4.57 Å². The van der Waals surface area contributed by atoms with Gasteiger partial charge < -0.3 is 5.73 Å². The molecule has 0 amide bonds. The summed E-state index contributed by atoms with van der Waals surface area (Å²) in [7, 11) is 0. The molecule has 0 unspecified atom stereocenters. The van der Waals surface area contributed by atoms with Crippen molar-refractivity contribution in [2.75, 3.05) is 5.73 Å². The monoisotopic (exact) mass is 337 g/mol. The number of rotatable bonds is 1. The second-order valence-electron chi connectivity index (χ2n) is 3.87. The number of nitrogen functional groups attached to an aromatic ring is 1. The fourth-order valence-corrected chi connectivity index (χ4v) is 2.55. The summed E-state index contributed by atoms with van der Waals surface area (Å²) in [5.41, 5.74) is 9.61. The first-order valence-corrected chi connectivity index (χ1v) is 6.28. The summed E-state index contributed by atoms with van der Waals surface area (Å²) in [6.07, 6.45) is 0. The Morgan fingerprint density at radius 2 is 1.94 bits per heavy atom. The van der Waals surface area contributed by atoms with Crippen LogP contribution in [-0.4, -0.2) is 4.57 Å². The van der Waals surface area contributed by atoms with Crippen LogP contribution in [0.15, 0.2) is 24.3 Å². The number of nitrogens with zero attached hydrogens (tertiary/aromatic N) is 2. The molecular weight excluding hydrogens is 325 g/mol. The standard InChI is InChI=1S/C13H12IN3/c1-8-9(2)17(13(16)10(8)7-15)12-6-4-3-5-11(12)14/h3-6H,16H2,1-2H3. The molecule has 4 heteroatoms. The molecule has 17 heavy (non-hydrogen) atoms. The van der Waals surface area contributed by atoms with Crippen molar-refractivity contribution in [3.8, 4) is 11.8 Å². The predicted octanol–water partition coefficient (Wildman–Crippen LogP) is 3.15. The Labute approximate surface area is 114 Å². The molecule has 0 aliphatic heterocycles. The van der Waals surface area contributed by atoms with Gasteiger partial charge in [0.2, 0.25) is 0 Å². The maximum absolute atomic E-state index is 9.11. The van der Waals surface area contributed by atoms with Crippen LogP contribution in [0.5, 0.6) is 0 Å². The van der Waals surface area contributed by atoms with Crippen LogP contribution in [0.25, 0.3) is 5.69 Å². The van der Waals surface area contributed by atoms with Gasteiger partial charge in [-0.05, 0) is 54.1 Å². The van der Waals surface area contributed by atoms with Gasteiger partial charge in [-0.2, -0.15) is 5.26 Å². The number of nitrogens with two attached hydrogens (primary N) is 1. The molecule has 0 aliphatic carbocycles. The summed E-state index contributed by atoms with van der Waals surface area (Å²) < 4.78 is 3.05. The summed E-state index contributed by atoms with van der Waals surface area (Å²) in [6, 6.07) is 10.1. The zero-order valence-electron chi connectivity index (χ0n) is 9.66. The molecule has 1 aromatic heterocycles. The first-order chi connectivity index (χ1) is 8.07. The molecule has 0 saturated heterocycles. The van der Waals surface area contributed by atoms with Crippen LogP contribution in [0, 0.1) is 28.7 Å². The number of hydrogen-bond acceptors (Lipinski definition) is 2. The van der Waals surface area contributed by atoms with E-state index in [0.717, 1.165) is 20.5 Å². The number of aromatic nitrogens is 1. The summed E-state index contributed by atoms with van der Waals surface area (Å²) in [6.45, 7) is 3.91. The average molecular weight is 337 g/mol. The number of nitriles is 1. The van der Waals surface area contributed by atoms with E-state index in [-0.39, 0.29) is 0 Å². The maximum Gasteiger partial charge on any atom is 0.126 e. The van der Waals surface area contributed by atoms with Crippen molar-refractivity contribution in [3.05, 3.63) is 44.7 Å². The number of anilines is 1. The second kappa shape index (κ2) is 4.41. The van der Waals surface area contributed by atoms with E-state index in [4.69, 9.17) is 11.0 Å². The Balaban J connectivity index is 2.79. The minimum atomic E-state index is 0.520. The zero-order chi connectivity index (χ0) is 12.6. The van der Waals surface area contributed by atoms with Crippen LogP contribution in [0.1, 0.15) is 16.8 Å². The third-order valence-corrected chi connectivity index (χ3v) is 3.87. The fourth-order valence-electron chi connectivity index (χ4n) is 1.92. The van der Waals surface area contributed by atoms with Gasteiger partial charge in [0.05, 0.1) is 11.3 Å². The van der Waals surface area contributed by atoms with E-state index in [2.05, 4.69) is 28.7 Å². The first kappa shape index (κ1) is 12.0. The lowest BCUT2D eigenvalue weighted by Gasteiger charge is -2.10. The third-order valence-electron chi connectivity index (χ3n) is 2.96. The minimum Gasteiger partial charge on any atom is -0.384 e. The van der Waals surface area contributed by atoms with Crippen LogP contribution in [-0.2, 0) is 0 Å². The van der Waals surface area contributed by atoms with E-state index >= 15 is 0 Å². The molecule has 0 bridgehead atoms. The number of benzene rings is 1. The van der Waals surface area contributed by atoms with Crippen molar-refractivity contribution < 1.29 is 0 Å². The minimum absolute atomic E-state index is 0.520. The highest BCUT2D eigenvalue weighted by Crippen LogP contribution is 2.29. The van der Waals surface area contributed by atoms with Gasteiger partial charge in [0.15, 0.2) is 0 Å². The Bertz CT molecular complexity index is 620. The Kier molecular flexibility index (Phi) is 3.11. The van der Waals surface area contributed by atoms with E-state index in [1.54, 1.807) is 0 Å². The Morgan fingerprint density at radius 1 is 1.29 bits per heavy atom. The molecule has 0 fully saturated rings. The topological polar surface area (TPSA) is 54.7 Å². The molecular formula is C13H12IN3. The van der Waals surface area contributed by atoms with Crippen molar-refractivity contribution in [3.63, 3.8) is 0 Å². The van der Waals surface area contributed by atoms with Crippen molar-refractivity contribution in [2.24, 2.45) is 0 Å². The van der Waals surface area contributed by atoms with Crippen LogP contribution in [0.3, 0.4) is 0 Å². The largest absolute Gasteiger partial charge is 0.384 e. The van der Waals surface area contributed by atoms with Gasteiger partial charge in [0, 0.05) is 9.26 Å². The van der Waals surface area contributed by atoms with E-state index < -0.39 is 0 Å². The number of hydrogen-bond donors (Lipinski definition) is 1. The van der Waals surface area contributed by atoms with Crippen molar-refractivity contribution in [1.29, 1.82) is 5.26 Å². The van der Waals surface area contributed by atoms with Gasteiger partial charge in [-0.1, -0.05) is 12.1 Å². The molecule has 86 valence electrons. The number of halogens is 1. The zero-order valence-corrected chi connectivity index (χ0v) is 11.8. The third kappa shape index (κ3) is 1.80. The highest BCUT2D eigenvalue weighted by molar-refractivity contribution is 14.1. The SMILES string of the molecule is Cc1c(C#N)c(N)n(-c2ccccc2I)c1C. The molecule has 3 nitrogen and oxygen atoms in total. The molecule has 0 atom stereocenters. The molecule has 0 spiro atoms. The smallest absolute Gasteiger partial charge is 0.126 e. The van der Waals surface area contributed by atoms with E-state index in [0.29, 0.717) is 11.4 Å². The van der Waals surface area contributed by atoms with Gasteiger partial charge in [0.1, 0.15) is 11.9 Å².